The Morgan fingerprint density at radius 1 is 1.50 bits per heavy atom. The highest BCUT2D eigenvalue weighted by molar-refractivity contribution is 5.82. The van der Waals surface area contributed by atoms with Crippen LogP contribution in [0.15, 0.2) is 16.9 Å². The topological polar surface area (TPSA) is 35.3 Å². The van der Waals surface area contributed by atoms with Gasteiger partial charge in [-0.3, -0.25) is 0 Å². The van der Waals surface area contributed by atoms with Gasteiger partial charge in [0.15, 0.2) is 12.0 Å². The molecule has 3 nitrogen and oxygen atoms in total. The summed E-state index contributed by atoms with van der Waals surface area (Å²) in [7, 11) is 1.68. The maximum atomic E-state index is 5.37. The van der Waals surface area contributed by atoms with E-state index in [1.165, 1.54) is 6.39 Å². The molecule has 1 heterocycles. The molecule has 3 heteroatoms. The number of hydrogen-bond donors (Lipinski definition) is 0. The van der Waals surface area contributed by atoms with E-state index in [1.54, 1.807) is 7.11 Å². The van der Waals surface area contributed by atoms with E-state index in [0.29, 0.717) is 0 Å². The van der Waals surface area contributed by atoms with E-state index in [4.69, 9.17) is 9.15 Å². The van der Waals surface area contributed by atoms with Crippen molar-refractivity contribution in [2.75, 3.05) is 7.11 Å². The van der Waals surface area contributed by atoms with Crippen molar-refractivity contribution < 1.29 is 9.15 Å². The Morgan fingerprint density at radius 2 is 2.29 bits per heavy atom. The monoisotopic (exact) mass is 191 g/mol. The van der Waals surface area contributed by atoms with Crippen LogP contribution < -0.4 is 4.74 Å². The second kappa shape index (κ2) is 3.33. The molecule has 0 bridgehead atoms. The molecule has 1 aromatic heterocycles. The predicted octanol–water partition coefficient (Wildman–Crippen LogP) is 2.71. The molecule has 0 fully saturated rings. The lowest BCUT2D eigenvalue weighted by Crippen LogP contribution is -1.92. The number of oxazole rings is 1. The summed E-state index contributed by atoms with van der Waals surface area (Å²) in [6, 6.07) is 2.00. The molecule has 0 N–H and O–H groups in total. The fourth-order valence-corrected chi connectivity index (χ4v) is 1.72. The van der Waals surface area contributed by atoms with Gasteiger partial charge in [-0.15, -0.1) is 0 Å². The summed E-state index contributed by atoms with van der Waals surface area (Å²) in [6.07, 6.45) is 2.37. The summed E-state index contributed by atoms with van der Waals surface area (Å²) < 4.78 is 10.7. The van der Waals surface area contributed by atoms with Crippen LogP contribution in [0.5, 0.6) is 5.75 Å². The molecule has 74 valence electrons. The number of aromatic nitrogens is 1. The molecular weight excluding hydrogens is 178 g/mol. The number of benzene rings is 1. The van der Waals surface area contributed by atoms with Crippen molar-refractivity contribution in [3.63, 3.8) is 0 Å². The Morgan fingerprint density at radius 3 is 2.93 bits per heavy atom. The Labute approximate surface area is 82.7 Å². The molecule has 0 aliphatic rings. The van der Waals surface area contributed by atoms with Gasteiger partial charge in [0.2, 0.25) is 0 Å². The Balaban J connectivity index is 2.82. The van der Waals surface area contributed by atoms with Crippen molar-refractivity contribution in [3.05, 3.63) is 23.6 Å². The van der Waals surface area contributed by atoms with Gasteiger partial charge in [0.05, 0.1) is 7.11 Å². The molecule has 0 aliphatic carbocycles. The van der Waals surface area contributed by atoms with Crippen LogP contribution in [0.4, 0.5) is 0 Å². The molecule has 14 heavy (non-hydrogen) atoms. The quantitative estimate of drug-likeness (QED) is 0.732. The fraction of sp³-hybridized carbons (Fsp3) is 0.364. The third-order valence-electron chi connectivity index (χ3n) is 2.43. The van der Waals surface area contributed by atoms with Gasteiger partial charge in [0.1, 0.15) is 11.3 Å². The smallest absolute Gasteiger partial charge is 0.182 e. The third kappa shape index (κ3) is 1.16. The second-order valence-electron chi connectivity index (χ2n) is 3.26. The van der Waals surface area contributed by atoms with Gasteiger partial charge < -0.3 is 9.15 Å². The number of rotatable bonds is 2. The number of methoxy groups -OCH3 is 1. The molecule has 0 radical (unpaired) electrons. The average Bonchev–Trinajstić information content (AvgIpc) is 2.66. The molecule has 0 atom stereocenters. The summed E-state index contributed by atoms with van der Waals surface area (Å²) in [6.45, 7) is 4.09. The number of nitrogens with zero attached hydrogens (tertiary/aromatic N) is 1. The van der Waals surface area contributed by atoms with Gasteiger partial charge in [0.25, 0.3) is 0 Å². The van der Waals surface area contributed by atoms with Crippen LogP contribution in [0, 0.1) is 6.92 Å². The van der Waals surface area contributed by atoms with E-state index in [-0.39, 0.29) is 0 Å². The highest BCUT2D eigenvalue weighted by Crippen LogP contribution is 2.30. The van der Waals surface area contributed by atoms with Crippen molar-refractivity contribution in [2.45, 2.75) is 20.3 Å². The van der Waals surface area contributed by atoms with Crippen LogP contribution in [0.25, 0.3) is 11.1 Å². The zero-order valence-electron chi connectivity index (χ0n) is 8.63. The van der Waals surface area contributed by atoms with Crippen LogP contribution >= 0.6 is 0 Å². The first-order valence-electron chi connectivity index (χ1n) is 4.67. The van der Waals surface area contributed by atoms with Crippen molar-refractivity contribution in [3.8, 4) is 5.75 Å². The van der Waals surface area contributed by atoms with E-state index < -0.39 is 0 Å². The minimum absolute atomic E-state index is 0.851. The van der Waals surface area contributed by atoms with Gasteiger partial charge in [-0.05, 0) is 25.0 Å². The van der Waals surface area contributed by atoms with Crippen molar-refractivity contribution in [1.29, 1.82) is 0 Å². The van der Waals surface area contributed by atoms with E-state index >= 15 is 0 Å². The Bertz CT molecular complexity index is 460. The third-order valence-corrected chi connectivity index (χ3v) is 2.43. The predicted molar refractivity (Wildman–Crippen MR) is 54.7 cm³/mol. The molecule has 0 spiro atoms. The van der Waals surface area contributed by atoms with Crippen molar-refractivity contribution >= 4 is 11.1 Å². The Kier molecular flexibility index (Phi) is 2.15. The number of ether oxygens (including phenoxy) is 1. The van der Waals surface area contributed by atoms with Crippen LogP contribution in [0.1, 0.15) is 18.1 Å². The number of fused-ring (bicyclic) bond motifs is 1. The van der Waals surface area contributed by atoms with Crippen LogP contribution in [0.2, 0.25) is 0 Å². The molecule has 0 saturated heterocycles. The fourth-order valence-electron chi connectivity index (χ4n) is 1.72. The molecule has 2 rings (SSSR count). The van der Waals surface area contributed by atoms with E-state index in [2.05, 4.69) is 11.9 Å². The van der Waals surface area contributed by atoms with E-state index in [1.807, 2.05) is 13.0 Å². The van der Waals surface area contributed by atoms with Crippen molar-refractivity contribution in [2.24, 2.45) is 0 Å². The van der Waals surface area contributed by atoms with Crippen molar-refractivity contribution in [1.82, 2.24) is 4.98 Å². The molecule has 0 unspecified atom stereocenters. The lowest BCUT2D eigenvalue weighted by molar-refractivity contribution is 0.409. The van der Waals surface area contributed by atoms with Crippen LogP contribution in [0.3, 0.4) is 0 Å². The summed E-state index contributed by atoms with van der Waals surface area (Å²) in [5.41, 5.74) is 3.96. The molecule has 0 aliphatic heterocycles. The van der Waals surface area contributed by atoms with Gasteiger partial charge >= 0.3 is 0 Å². The van der Waals surface area contributed by atoms with Crippen LogP contribution in [-0.2, 0) is 6.42 Å². The zero-order valence-corrected chi connectivity index (χ0v) is 8.63. The first kappa shape index (κ1) is 9.06. The first-order chi connectivity index (χ1) is 6.77. The Hall–Kier alpha value is -1.51. The number of hydrogen-bond acceptors (Lipinski definition) is 3. The SMILES string of the molecule is CCc1c(OC)cc(C)c2ncoc12. The summed E-state index contributed by atoms with van der Waals surface area (Å²) in [4.78, 5) is 4.18. The minimum atomic E-state index is 0.851. The maximum absolute atomic E-state index is 5.37. The summed E-state index contributed by atoms with van der Waals surface area (Å²) in [5, 5.41) is 0. The van der Waals surface area contributed by atoms with Crippen LogP contribution in [-0.4, -0.2) is 12.1 Å². The molecule has 0 amide bonds. The van der Waals surface area contributed by atoms with E-state index in [9.17, 15) is 0 Å². The zero-order chi connectivity index (χ0) is 10.1. The minimum Gasteiger partial charge on any atom is -0.496 e. The highest BCUT2D eigenvalue weighted by atomic mass is 16.5. The second-order valence-corrected chi connectivity index (χ2v) is 3.26. The van der Waals surface area contributed by atoms with Gasteiger partial charge in [-0.2, -0.15) is 0 Å². The lowest BCUT2D eigenvalue weighted by Gasteiger charge is -2.07. The van der Waals surface area contributed by atoms with Gasteiger partial charge in [-0.25, -0.2) is 4.98 Å². The first-order valence-corrected chi connectivity index (χ1v) is 4.67. The number of aryl methyl sites for hydroxylation is 2. The summed E-state index contributed by atoms with van der Waals surface area (Å²) in [5.74, 6) is 0.884. The normalized spacial score (nSPS) is 10.8. The molecule has 1 aromatic carbocycles. The van der Waals surface area contributed by atoms with Gasteiger partial charge in [0, 0.05) is 5.56 Å². The molecule has 0 saturated carbocycles. The standard InChI is InChI=1S/C11H13NO2/c1-4-8-9(13-3)5-7(2)10-11(8)14-6-12-10/h5-6H,4H2,1-3H3. The maximum Gasteiger partial charge on any atom is 0.182 e. The van der Waals surface area contributed by atoms with E-state index in [0.717, 1.165) is 34.4 Å². The largest absolute Gasteiger partial charge is 0.496 e. The summed E-state index contributed by atoms with van der Waals surface area (Å²) >= 11 is 0. The average molecular weight is 191 g/mol. The molecular formula is C11H13NO2. The molecule has 2 aromatic rings. The highest BCUT2D eigenvalue weighted by Gasteiger charge is 2.12. The lowest BCUT2D eigenvalue weighted by atomic mass is 10.1. The van der Waals surface area contributed by atoms with Gasteiger partial charge in [-0.1, -0.05) is 6.92 Å².